The number of para-hydroxylation sites is 1. The van der Waals surface area contributed by atoms with Crippen LogP contribution in [0.1, 0.15) is 11.1 Å². The van der Waals surface area contributed by atoms with Gasteiger partial charge in [-0.15, -0.1) is 0 Å². The second-order valence-electron chi connectivity index (χ2n) is 5.30. The van der Waals surface area contributed by atoms with Crippen LogP contribution in [0, 0.1) is 19.1 Å². The molecule has 0 atom stereocenters. The van der Waals surface area contributed by atoms with E-state index in [4.69, 9.17) is 0 Å². The molecular weight excluding hydrogens is 473 g/mol. The van der Waals surface area contributed by atoms with E-state index in [1.54, 1.807) is 4.68 Å². The molecule has 1 aromatic heterocycles. The summed E-state index contributed by atoms with van der Waals surface area (Å²) in [5.41, 5.74) is 4.71. The molecule has 0 unspecified atom stereocenters. The number of hydrogen-bond donors (Lipinski definition) is 1. The van der Waals surface area contributed by atoms with Crippen LogP contribution in [0.4, 0.5) is 4.79 Å². The van der Waals surface area contributed by atoms with Gasteiger partial charge in [0.1, 0.15) is 0 Å². The van der Waals surface area contributed by atoms with Crippen molar-refractivity contribution in [1.82, 2.24) is 15.1 Å². The van der Waals surface area contributed by atoms with Gasteiger partial charge in [-0.1, -0.05) is 12.1 Å². The molecule has 26 heavy (non-hydrogen) atoms. The van der Waals surface area contributed by atoms with Crippen molar-refractivity contribution < 1.29 is 126 Å². The Hall–Kier alpha value is 0.530. The summed E-state index contributed by atoms with van der Waals surface area (Å²) >= 11 is 0. The molecule has 0 aliphatic rings. The van der Waals surface area contributed by atoms with E-state index >= 15 is 0 Å². The zero-order chi connectivity index (χ0) is 16.9. The molecular formula is C19H17N3O2Rb2. The average Bonchev–Trinajstić information content (AvgIpc) is 3.11. The van der Waals surface area contributed by atoms with Gasteiger partial charge >= 0.3 is 122 Å². The molecule has 0 saturated carbocycles. The van der Waals surface area contributed by atoms with Gasteiger partial charge in [0.05, 0.1) is 12.8 Å². The minimum atomic E-state index is -0.445. The summed E-state index contributed by atoms with van der Waals surface area (Å²) in [7, 11) is 1.35. The number of benzene rings is 2. The van der Waals surface area contributed by atoms with Gasteiger partial charge < -0.3 is 22.2 Å². The fourth-order valence-corrected chi connectivity index (χ4v) is 2.34. The Bertz CT molecular complexity index is 851. The first-order valence-electron chi connectivity index (χ1n) is 7.53. The van der Waals surface area contributed by atoms with E-state index in [2.05, 4.69) is 27.3 Å². The summed E-state index contributed by atoms with van der Waals surface area (Å²) in [5, 5.41) is 7.28. The second kappa shape index (κ2) is 12.2. The molecule has 3 rings (SSSR count). The van der Waals surface area contributed by atoms with Gasteiger partial charge in [-0.2, -0.15) is 10.8 Å². The molecule has 122 valence electrons. The van der Waals surface area contributed by atoms with Crippen LogP contribution >= 0.6 is 0 Å². The fraction of sp³-hybridized carbons (Fsp3) is 0.158. The molecule has 0 saturated heterocycles. The van der Waals surface area contributed by atoms with Crippen LogP contribution in [0.15, 0.2) is 48.7 Å². The predicted molar refractivity (Wildman–Crippen MR) is 90.7 cm³/mol. The van der Waals surface area contributed by atoms with Gasteiger partial charge in [0.2, 0.25) is 0 Å². The number of rotatable bonds is 4. The quantitative estimate of drug-likeness (QED) is 0.406. The maximum Gasteiger partial charge on any atom is 1.00 e. The van der Waals surface area contributed by atoms with Crippen molar-refractivity contribution >= 4 is 6.09 Å². The third kappa shape index (κ3) is 6.55. The second-order valence-corrected chi connectivity index (χ2v) is 5.30. The van der Waals surface area contributed by atoms with Gasteiger partial charge in [0, 0.05) is 18.3 Å². The Morgan fingerprint density at radius 2 is 1.96 bits per heavy atom. The zero-order valence-electron chi connectivity index (χ0n) is 15.5. The Morgan fingerprint density at radius 1 is 1.23 bits per heavy atom. The van der Waals surface area contributed by atoms with Crippen molar-refractivity contribution in [1.29, 1.82) is 0 Å². The van der Waals surface area contributed by atoms with Crippen LogP contribution in [-0.2, 0) is 11.3 Å². The van der Waals surface area contributed by atoms with Crippen LogP contribution in [0.25, 0.3) is 16.9 Å². The molecule has 3 aromatic rings. The summed E-state index contributed by atoms with van der Waals surface area (Å²) < 4.78 is 6.34. The first-order valence-corrected chi connectivity index (χ1v) is 7.53. The first kappa shape index (κ1) is 24.6. The number of aromatic nitrogens is 2. The standard InChI is InChI=1S/C19H17N3O2.2Rb/c1-14-8-9-15(12-16(14)13-20-19(23)24-2)18-10-11-22(21-18)17-6-4-3-5-7-17;;/h3-5,8-12H,13H2,1-2H3,(H,20,23);;/q-2;2*+1. The number of alkyl carbamates (subject to hydrolysis) is 1. The van der Waals surface area contributed by atoms with Crippen molar-refractivity contribution in [2.45, 2.75) is 13.5 Å². The molecule has 1 amide bonds. The fourth-order valence-electron chi connectivity index (χ4n) is 2.34. The Labute approximate surface area is 251 Å². The Morgan fingerprint density at radius 3 is 2.65 bits per heavy atom. The summed E-state index contributed by atoms with van der Waals surface area (Å²) in [6.45, 7) is 2.41. The van der Waals surface area contributed by atoms with Crippen molar-refractivity contribution in [2.75, 3.05) is 7.11 Å². The van der Waals surface area contributed by atoms with E-state index in [9.17, 15) is 4.79 Å². The van der Waals surface area contributed by atoms with Crippen LogP contribution in [0.3, 0.4) is 0 Å². The molecule has 0 spiro atoms. The van der Waals surface area contributed by atoms with Crippen LogP contribution in [-0.4, -0.2) is 23.0 Å². The van der Waals surface area contributed by atoms with E-state index in [1.807, 2.05) is 55.6 Å². The molecule has 0 radical (unpaired) electrons. The van der Waals surface area contributed by atoms with Crippen molar-refractivity contribution in [3.8, 4) is 16.9 Å². The summed E-state index contributed by atoms with van der Waals surface area (Å²) in [4.78, 5) is 11.3. The number of hydrogen-bond acceptors (Lipinski definition) is 3. The minimum Gasteiger partial charge on any atom is -0.453 e. The largest absolute Gasteiger partial charge is 1.00 e. The average molecular weight is 490 g/mol. The molecule has 1 N–H and O–H groups in total. The monoisotopic (exact) mass is 489 g/mol. The molecule has 2 aromatic carbocycles. The number of nitrogens with zero attached hydrogens (tertiary/aromatic N) is 2. The number of ether oxygens (including phenoxy) is 1. The summed E-state index contributed by atoms with van der Waals surface area (Å²) in [6, 6.07) is 19.7. The topological polar surface area (TPSA) is 56.1 Å². The SMILES string of the molecule is COC(=O)NCc1cc(-c2ccn(-c3[c-]ccc[c-]3)n2)ccc1C.[Rb+].[Rb+]. The number of methoxy groups -OCH3 is 1. The van der Waals surface area contributed by atoms with Gasteiger partial charge in [0.15, 0.2) is 0 Å². The maximum absolute atomic E-state index is 11.3. The van der Waals surface area contributed by atoms with E-state index in [-0.39, 0.29) is 116 Å². The van der Waals surface area contributed by atoms with E-state index in [0.717, 1.165) is 28.1 Å². The van der Waals surface area contributed by atoms with E-state index in [1.165, 1.54) is 7.11 Å². The third-order valence-electron chi connectivity index (χ3n) is 3.70. The number of carbonyl (C=O) groups is 1. The number of nitrogens with one attached hydrogen (secondary N) is 1. The summed E-state index contributed by atoms with van der Waals surface area (Å²) in [6.07, 6.45) is 1.43. The van der Waals surface area contributed by atoms with Gasteiger partial charge in [-0.25, -0.2) is 4.79 Å². The molecule has 0 aliphatic heterocycles. The van der Waals surface area contributed by atoms with Gasteiger partial charge in [-0.3, -0.25) is 22.9 Å². The molecule has 0 bridgehead atoms. The van der Waals surface area contributed by atoms with Crippen molar-refractivity contribution in [3.63, 3.8) is 0 Å². The molecule has 5 nitrogen and oxygen atoms in total. The van der Waals surface area contributed by atoms with Gasteiger partial charge in [0.25, 0.3) is 0 Å². The smallest absolute Gasteiger partial charge is 0.453 e. The van der Waals surface area contributed by atoms with Crippen LogP contribution in [0.5, 0.6) is 0 Å². The van der Waals surface area contributed by atoms with Crippen molar-refractivity contribution in [2.24, 2.45) is 0 Å². The molecule has 0 aliphatic carbocycles. The molecule has 1 heterocycles. The third-order valence-corrected chi connectivity index (χ3v) is 3.70. The van der Waals surface area contributed by atoms with Gasteiger partial charge in [-0.05, 0) is 30.2 Å². The number of carbonyl (C=O) groups excluding carboxylic acids is 1. The van der Waals surface area contributed by atoms with E-state index < -0.39 is 6.09 Å². The predicted octanol–water partition coefficient (Wildman–Crippen LogP) is -2.69. The van der Waals surface area contributed by atoms with E-state index in [0.29, 0.717) is 6.54 Å². The summed E-state index contributed by atoms with van der Waals surface area (Å²) in [5.74, 6) is 0. The number of aryl methyl sites for hydroxylation is 1. The first-order chi connectivity index (χ1) is 11.7. The minimum absolute atomic E-state index is 0. The Balaban J connectivity index is 0.00000169. The van der Waals surface area contributed by atoms with Crippen LogP contribution < -0.4 is 122 Å². The normalized spacial score (nSPS) is 9.62. The maximum atomic E-state index is 11.3. The molecule has 7 heteroatoms. The zero-order valence-corrected chi connectivity index (χ0v) is 25.4. The van der Waals surface area contributed by atoms with Crippen molar-refractivity contribution in [3.05, 3.63) is 71.9 Å². The number of amides is 1. The Kier molecular flexibility index (Phi) is 11.5. The molecule has 0 fully saturated rings. The van der Waals surface area contributed by atoms with Crippen LogP contribution in [0.2, 0.25) is 0 Å².